The van der Waals surface area contributed by atoms with E-state index < -0.39 is 17.5 Å². The van der Waals surface area contributed by atoms with Gasteiger partial charge in [-0.1, -0.05) is 127 Å². The third-order valence-corrected chi connectivity index (χ3v) is 19.5. The van der Waals surface area contributed by atoms with Crippen molar-refractivity contribution in [3.63, 3.8) is 0 Å². The summed E-state index contributed by atoms with van der Waals surface area (Å²) in [5, 5.41) is 37.2. The van der Waals surface area contributed by atoms with E-state index in [9.17, 15) is 29.7 Å². The molecule has 3 fully saturated rings. The molecule has 3 aliphatic rings. The van der Waals surface area contributed by atoms with Crippen molar-refractivity contribution in [2.75, 3.05) is 115 Å². The van der Waals surface area contributed by atoms with Gasteiger partial charge in [0.25, 0.3) is 0 Å². The Morgan fingerprint density at radius 2 is 0.629 bits per heavy atom. The molecule has 105 heavy (non-hydrogen) atoms. The number of benzene rings is 9. The first kappa shape index (κ1) is 71.7. The SMILES string of the molecule is C=CC(=O)N1CCN(c2nc(OC)nc3c(F)c(-c4cc(O)cc5ccccc45)c(Cl)cc23)CC1.C=CC(=O)N1CCN(c2nc(OC)nc3c(F)c(-c4cc(O)cc5ccccc45)c(Cl)cc23)CC1.C=CC(=O)N1CCN(c2nc(OC)nc3c(F)c(-c4cc(O)cc5ccccc45)c(Cl)cc23)CC1. The van der Waals surface area contributed by atoms with Gasteiger partial charge in [0.05, 0.1) is 36.4 Å². The molecule has 3 aromatic heterocycles. The molecule has 15 rings (SSSR count). The lowest BCUT2D eigenvalue weighted by Crippen LogP contribution is -2.48. The maximum absolute atomic E-state index is 16.2. The number of methoxy groups -OCH3 is 3. The summed E-state index contributed by atoms with van der Waals surface area (Å²) in [6, 6.07) is 36.4. The van der Waals surface area contributed by atoms with Crippen molar-refractivity contribution in [2.24, 2.45) is 0 Å². The molecule has 27 heteroatoms. The second-order valence-electron chi connectivity index (χ2n) is 24.6. The number of aromatic hydroxyl groups is 3. The third-order valence-electron chi connectivity index (χ3n) is 18.6. The number of anilines is 3. The van der Waals surface area contributed by atoms with Crippen LogP contribution in [0.3, 0.4) is 0 Å². The molecule has 534 valence electrons. The highest BCUT2D eigenvalue weighted by Crippen LogP contribution is 2.47. The number of hydrogen-bond donors (Lipinski definition) is 3. The van der Waals surface area contributed by atoms with Crippen molar-refractivity contribution >= 4 is 135 Å². The summed E-state index contributed by atoms with van der Waals surface area (Å²) in [7, 11) is 4.26. The van der Waals surface area contributed by atoms with E-state index in [4.69, 9.17) is 49.0 Å². The van der Waals surface area contributed by atoms with Crippen molar-refractivity contribution in [2.45, 2.75) is 0 Å². The number of carbonyl (C=O) groups is 3. The van der Waals surface area contributed by atoms with Crippen LogP contribution in [-0.4, -0.2) is 178 Å². The molecule has 0 atom stereocenters. The fourth-order valence-electron chi connectivity index (χ4n) is 13.5. The molecule has 12 aromatic rings. The van der Waals surface area contributed by atoms with Gasteiger partial charge in [0, 0.05) is 111 Å². The number of fused-ring (bicyclic) bond motifs is 6. The number of aromatic nitrogens is 6. The highest BCUT2D eigenvalue weighted by atomic mass is 35.5. The minimum atomic E-state index is -0.634. The Morgan fingerprint density at radius 3 is 0.867 bits per heavy atom. The lowest BCUT2D eigenvalue weighted by Gasteiger charge is -2.35. The van der Waals surface area contributed by atoms with Crippen molar-refractivity contribution in [1.82, 2.24) is 44.6 Å². The summed E-state index contributed by atoms with van der Waals surface area (Å²) in [4.78, 5) is 73.2. The standard InChI is InChI=1S/3C26H22ClFN4O3/c3*1-3-21(34)31-8-10-32(11-9-31)25-19-14-20(27)22(23(28)24(19)29-26(30-25)35-2)18-13-16(33)12-15-6-4-5-7-17(15)18/h3*3-7,12-14,33H,1,8-11H2,2H3. The molecule has 3 N–H and O–H groups in total. The fraction of sp³-hybridized carbons (Fsp3) is 0.192. The molecular formula is C78H66Cl3F3N12O9. The van der Waals surface area contributed by atoms with Crippen molar-refractivity contribution in [3.05, 3.63) is 198 Å². The molecule has 0 spiro atoms. The average Bonchev–Trinajstić information content (AvgIpc) is 0.758. The van der Waals surface area contributed by atoms with Crippen LogP contribution >= 0.6 is 34.8 Å². The molecule has 3 aliphatic heterocycles. The number of piperazine rings is 3. The molecule has 6 heterocycles. The summed E-state index contributed by atoms with van der Waals surface area (Å²) < 4.78 is 64.3. The molecule has 0 unspecified atom stereocenters. The van der Waals surface area contributed by atoms with Crippen molar-refractivity contribution in [3.8, 4) is 68.7 Å². The molecule has 0 aliphatic carbocycles. The van der Waals surface area contributed by atoms with Crippen LogP contribution in [0.15, 0.2) is 165 Å². The van der Waals surface area contributed by atoms with Gasteiger partial charge in [-0.2, -0.15) is 29.9 Å². The summed E-state index contributed by atoms with van der Waals surface area (Å²) in [6.45, 7) is 16.4. The maximum atomic E-state index is 16.2. The Balaban J connectivity index is 0.000000140. The van der Waals surface area contributed by atoms with E-state index in [1.807, 2.05) is 87.5 Å². The molecule has 0 radical (unpaired) electrons. The Bertz CT molecular complexity index is 4990. The number of phenols is 3. The number of rotatable bonds is 12. The minimum absolute atomic E-state index is 0.00200. The van der Waals surface area contributed by atoms with Gasteiger partial charge in [-0.25, -0.2) is 13.2 Å². The van der Waals surface area contributed by atoms with E-state index >= 15 is 13.2 Å². The van der Waals surface area contributed by atoms with E-state index in [2.05, 4.69) is 49.6 Å². The van der Waals surface area contributed by atoms with E-state index in [1.165, 1.54) is 57.8 Å². The number of amides is 3. The molecule has 3 amide bonds. The Morgan fingerprint density at radius 1 is 0.381 bits per heavy atom. The third kappa shape index (κ3) is 14.1. The van der Waals surface area contributed by atoms with Gasteiger partial charge in [0.15, 0.2) is 17.5 Å². The largest absolute Gasteiger partial charge is 0.508 e. The van der Waals surface area contributed by atoms with E-state index in [-0.39, 0.29) is 101 Å². The number of phenolic OH excluding ortho intramolecular Hbond substituents is 3. The van der Waals surface area contributed by atoms with Gasteiger partial charge in [0.2, 0.25) is 17.7 Å². The van der Waals surface area contributed by atoms with Gasteiger partial charge in [-0.05, 0) is 122 Å². The zero-order valence-electron chi connectivity index (χ0n) is 56.9. The Hall–Kier alpha value is -11.7. The van der Waals surface area contributed by atoms with Crippen LogP contribution in [-0.2, 0) is 14.4 Å². The molecule has 9 aromatic carbocycles. The fourth-order valence-corrected chi connectivity index (χ4v) is 14.4. The van der Waals surface area contributed by atoms with Crippen LogP contribution in [0.1, 0.15) is 0 Å². The van der Waals surface area contributed by atoms with Crippen molar-refractivity contribution < 1.29 is 57.1 Å². The smallest absolute Gasteiger partial charge is 0.318 e. The van der Waals surface area contributed by atoms with Crippen LogP contribution < -0.4 is 28.9 Å². The molecule has 0 saturated carbocycles. The summed E-state index contributed by atoms with van der Waals surface area (Å²) in [5.74, 6) is -0.860. The van der Waals surface area contributed by atoms with E-state index in [0.717, 1.165) is 32.3 Å². The van der Waals surface area contributed by atoms with Crippen LogP contribution in [0.5, 0.6) is 35.3 Å². The number of nitrogens with zero attached hydrogens (tertiary/aromatic N) is 12. The second-order valence-corrected chi connectivity index (χ2v) is 25.8. The van der Waals surface area contributed by atoms with Crippen LogP contribution in [0, 0.1) is 17.5 Å². The number of hydrogen-bond acceptors (Lipinski definition) is 18. The monoisotopic (exact) mass is 1480 g/mol. The zero-order chi connectivity index (χ0) is 74.1. The summed E-state index contributed by atoms with van der Waals surface area (Å²) in [6.07, 6.45) is 3.88. The molecule has 3 saturated heterocycles. The molecule has 0 bridgehead atoms. The summed E-state index contributed by atoms with van der Waals surface area (Å²) >= 11 is 20.0. The Labute approximate surface area is 614 Å². The first-order valence-electron chi connectivity index (χ1n) is 33.1. The number of halogens is 6. The topological polar surface area (TPSA) is 236 Å². The van der Waals surface area contributed by atoms with Crippen LogP contribution in [0.4, 0.5) is 30.6 Å². The number of ether oxygens (including phenoxy) is 3. The van der Waals surface area contributed by atoms with Crippen LogP contribution in [0.2, 0.25) is 15.1 Å². The lowest BCUT2D eigenvalue weighted by atomic mass is 9.96. The minimum Gasteiger partial charge on any atom is -0.508 e. The quantitative estimate of drug-likeness (QED) is 0.0964. The normalized spacial score (nSPS) is 13.9. The predicted octanol–water partition coefficient (Wildman–Crippen LogP) is 14.4. The van der Waals surface area contributed by atoms with Crippen molar-refractivity contribution in [1.29, 1.82) is 0 Å². The summed E-state index contributed by atoms with van der Waals surface area (Å²) in [5.41, 5.74) is 1.97. The average molecular weight is 1480 g/mol. The predicted molar refractivity (Wildman–Crippen MR) is 404 cm³/mol. The molecular weight excluding hydrogens is 1410 g/mol. The first-order chi connectivity index (χ1) is 50.7. The highest BCUT2D eigenvalue weighted by Gasteiger charge is 2.31. The Kier molecular flexibility index (Phi) is 20.7. The first-order valence-corrected chi connectivity index (χ1v) is 34.2. The van der Waals surface area contributed by atoms with Gasteiger partial charge in [0.1, 0.15) is 51.3 Å². The van der Waals surface area contributed by atoms with E-state index in [1.54, 1.807) is 51.1 Å². The second kappa shape index (κ2) is 30.3. The number of carbonyl (C=O) groups excluding carboxylic acids is 3. The lowest BCUT2D eigenvalue weighted by molar-refractivity contribution is -0.127. The maximum Gasteiger partial charge on any atom is 0.318 e. The van der Waals surface area contributed by atoms with Gasteiger partial charge in [-0.3, -0.25) is 14.4 Å². The van der Waals surface area contributed by atoms with E-state index in [0.29, 0.717) is 129 Å². The van der Waals surface area contributed by atoms with Gasteiger partial charge < -0.3 is 58.9 Å². The highest BCUT2D eigenvalue weighted by molar-refractivity contribution is 6.36. The van der Waals surface area contributed by atoms with Gasteiger partial charge >= 0.3 is 18.0 Å². The van der Waals surface area contributed by atoms with Gasteiger partial charge in [-0.15, -0.1) is 0 Å². The van der Waals surface area contributed by atoms with Crippen LogP contribution in [0.25, 0.3) is 98.4 Å². The molecule has 21 nitrogen and oxygen atoms in total. The zero-order valence-corrected chi connectivity index (χ0v) is 59.2.